The van der Waals surface area contributed by atoms with E-state index >= 15 is 0 Å². The molecule has 0 unspecified atom stereocenters. The minimum absolute atomic E-state index is 0.140. The molecule has 6 heteroatoms. The third-order valence-electron chi connectivity index (χ3n) is 2.38. The molecule has 0 radical (unpaired) electrons. The largest absolute Gasteiger partial charge is 0.478 e. The number of halogens is 2. The van der Waals surface area contributed by atoms with E-state index in [4.69, 9.17) is 28.3 Å². The van der Waals surface area contributed by atoms with Crippen molar-refractivity contribution in [3.8, 4) is 5.69 Å². The molecule has 1 N–H and O–H groups in total. The van der Waals surface area contributed by atoms with Crippen LogP contribution in [0.2, 0.25) is 10.0 Å². The summed E-state index contributed by atoms with van der Waals surface area (Å²) in [6, 6.07) is 4.93. The predicted octanol–water partition coefficient (Wildman–Crippen LogP) is 3.19. The molecular weight excluding hydrogens is 263 g/mol. The van der Waals surface area contributed by atoms with Crippen LogP contribution < -0.4 is 0 Å². The van der Waals surface area contributed by atoms with Crippen LogP contribution in [0.3, 0.4) is 0 Å². The normalized spacial score (nSPS) is 10.5. The number of hydrogen-bond donors (Lipinski definition) is 1. The van der Waals surface area contributed by atoms with Gasteiger partial charge in [-0.25, -0.2) is 9.48 Å². The van der Waals surface area contributed by atoms with E-state index in [0.29, 0.717) is 21.4 Å². The van der Waals surface area contributed by atoms with Gasteiger partial charge in [0.05, 0.1) is 22.6 Å². The molecule has 88 valence electrons. The van der Waals surface area contributed by atoms with Gasteiger partial charge < -0.3 is 5.11 Å². The number of hydrogen-bond acceptors (Lipinski definition) is 2. The number of carboxylic acid groups (broad SMARTS) is 1. The van der Waals surface area contributed by atoms with E-state index in [1.165, 1.54) is 10.9 Å². The Bertz CT molecular complexity index is 593. The van der Waals surface area contributed by atoms with Crippen molar-refractivity contribution in [1.29, 1.82) is 0 Å². The lowest BCUT2D eigenvalue weighted by Gasteiger charge is -2.07. The summed E-state index contributed by atoms with van der Waals surface area (Å²) in [6.07, 6.45) is 1.29. The van der Waals surface area contributed by atoms with Crippen LogP contribution in [0.4, 0.5) is 0 Å². The Kier molecular flexibility index (Phi) is 3.09. The highest BCUT2D eigenvalue weighted by Gasteiger charge is 2.15. The van der Waals surface area contributed by atoms with Crippen LogP contribution in [0.25, 0.3) is 5.69 Å². The van der Waals surface area contributed by atoms with Gasteiger partial charge in [-0.3, -0.25) is 0 Å². The molecule has 1 aromatic heterocycles. The van der Waals surface area contributed by atoms with E-state index < -0.39 is 5.97 Å². The average Bonchev–Trinajstić information content (AvgIpc) is 2.64. The van der Waals surface area contributed by atoms with Crippen LogP contribution in [0.1, 0.15) is 16.1 Å². The Morgan fingerprint density at radius 2 is 2.12 bits per heavy atom. The molecule has 0 saturated carbocycles. The van der Waals surface area contributed by atoms with Gasteiger partial charge in [0.2, 0.25) is 0 Å². The van der Waals surface area contributed by atoms with Crippen LogP contribution in [-0.4, -0.2) is 20.9 Å². The summed E-state index contributed by atoms with van der Waals surface area (Å²) < 4.78 is 1.46. The number of carboxylic acids is 1. The van der Waals surface area contributed by atoms with E-state index in [0.717, 1.165) is 0 Å². The molecule has 0 aliphatic rings. The first-order chi connectivity index (χ1) is 8.00. The van der Waals surface area contributed by atoms with Crippen molar-refractivity contribution in [3.05, 3.63) is 45.7 Å². The molecule has 0 aliphatic heterocycles. The van der Waals surface area contributed by atoms with Crippen LogP contribution in [0.5, 0.6) is 0 Å². The van der Waals surface area contributed by atoms with E-state index in [-0.39, 0.29) is 5.56 Å². The molecule has 0 amide bonds. The zero-order valence-corrected chi connectivity index (χ0v) is 10.3. The fourth-order valence-corrected chi connectivity index (χ4v) is 1.87. The van der Waals surface area contributed by atoms with Crippen LogP contribution in [0.15, 0.2) is 24.4 Å². The van der Waals surface area contributed by atoms with E-state index in [9.17, 15) is 4.79 Å². The van der Waals surface area contributed by atoms with Crippen molar-refractivity contribution in [3.63, 3.8) is 0 Å². The zero-order chi connectivity index (χ0) is 12.6. The minimum Gasteiger partial charge on any atom is -0.478 e. The second-order valence-corrected chi connectivity index (χ2v) is 4.30. The zero-order valence-electron chi connectivity index (χ0n) is 8.82. The van der Waals surface area contributed by atoms with Gasteiger partial charge in [0, 0.05) is 5.02 Å². The molecule has 0 fully saturated rings. The Morgan fingerprint density at radius 3 is 2.71 bits per heavy atom. The van der Waals surface area contributed by atoms with Crippen molar-refractivity contribution in [2.75, 3.05) is 0 Å². The minimum atomic E-state index is -1.02. The Balaban J connectivity index is 2.61. The third-order valence-corrected chi connectivity index (χ3v) is 2.93. The van der Waals surface area contributed by atoms with Crippen molar-refractivity contribution >= 4 is 29.2 Å². The van der Waals surface area contributed by atoms with Gasteiger partial charge in [0.25, 0.3) is 0 Å². The molecule has 1 heterocycles. The molecule has 0 aliphatic carbocycles. The van der Waals surface area contributed by atoms with Crippen molar-refractivity contribution in [2.45, 2.75) is 6.92 Å². The molecule has 4 nitrogen and oxygen atoms in total. The molecule has 0 saturated heterocycles. The molecular formula is C11H8Cl2N2O2. The van der Waals surface area contributed by atoms with Gasteiger partial charge in [-0.15, -0.1) is 0 Å². The number of carbonyl (C=O) groups is 1. The quantitative estimate of drug-likeness (QED) is 0.912. The van der Waals surface area contributed by atoms with Gasteiger partial charge in [-0.1, -0.05) is 23.2 Å². The molecule has 2 aromatic rings. The number of nitrogens with zero attached hydrogens (tertiary/aromatic N) is 2. The lowest BCUT2D eigenvalue weighted by atomic mass is 10.2. The summed E-state index contributed by atoms with van der Waals surface area (Å²) in [5.74, 6) is -1.02. The lowest BCUT2D eigenvalue weighted by Crippen LogP contribution is -2.03. The van der Waals surface area contributed by atoms with Crippen molar-refractivity contribution < 1.29 is 9.90 Å². The topological polar surface area (TPSA) is 55.1 Å². The fourth-order valence-electron chi connectivity index (χ4n) is 1.51. The summed E-state index contributed by atoms with van der Waals surface area (Å²) in [4.78, 5) is 10.9. The standard InChI is InChI=1S/C11H8Cl2N2O2/c1-6-8(11(16)17)5-14-15(6)10-4-7(12)2-3-9(10)13/h2-5H,1H3,(H,16,17). The lowest BCUT2D eigenvalue weighted by molar-refractivity contribution is 0.0696. The second-order valence-electron chi connectivity index (χ2n) is 3.46. The summed E-state index contributed by atoms with van der Waals surface area (Å²) in [7, 11) is 0. The van der Waals surface area contributed by atoms with Gasteiger partial charge in [-0.2, -0.15) is 5.10 Å². The maximum absolute atomic E-state index is 10.9. The highest BCUT2D eigenvalue weighted by atomic mass is 35.5. The van der Waals surface area contributed by atoms with Crippen LogP contribution >= 0.6 is 23.2 Å². The summed E-state index contributed by atoms with van der Waals surface area (Å²) in [6.45, 7) is 1.66. The maximum Gasteiger partial charge on any atom is 0.339 e. The van der Waals surface area contributed by atoms with E-state index in [2.05, 4.69) is 5.10 Å². The van der Waals surface area contributed by atoms with E-state index in [1.54, 1.807) is 25.1 Å². The Morgan fingerprint density at radius 1 is 1.41 bits per heavy atom. The fraction of sp³-hybridized carbons (Fsp3) is 0.0909. The van der Waals surface area contributed by atoms with Gasteiger partial charge >= 0.3 is 5.97 Å². The highest BCUT2D eigenvalue weighted by Crippen LogP contribution is 2.25. The Hall–Kier alpha value is -1.52. The SMILES string of the molecule is Cc1c(C(=O)O)cnn1-c1cc(Cl)ccc1Cl. The monoisotopic (exact) mass is 270 g/mol. The maximum atomic E-state index is 10.9. The van der Waals surface area contributed by atoms with Gasteiger partial charge in [0.15, 0.2) is 0 Å². The summed E-state index contributed by atoms with van der Waals surface area (Å²) >= 11 is 11.9. The smallest absolute Gasteiger partial charge is 0.339 e. The predicted molar refractivity (Wildman–Crippen MR) is 65.3 cm³/mol. The number of benzene rings is 1. The van der Waals surface area contributed by atoms with Crippen molar-refractivity contribution in [2.24, 2.45) is 0 Å². The molecule has 17 heavy (non-hydrogen) atoms. The Labute approximate surface area is 107 Å². The number of rotatable bonds is 2. The molecule has 0 atom stereocenters. The number of aromatic nitrogens is 2. The number of aromatic carboxylic acids is 1. The first-order valence-corrected chi connectivity index (χ1v) is 5.49. The first-order valence-electron chi connectivity index (χ1n) is 4.74. The summed E-state index contributed by atoms with van der Waals surface area (Å²) in [5, 5.41) is 13.9. The molecule has 0 bridgehead atoms. The molecule has 0 spiro atoms. The van der Waals surface area contributed by atoms with E-state index in [1.807, 2.05) is 0 Å². The van der Waals surface area contributed by atoms with Gasteiger partial charge in [-0.05, 0) is 25.1 Å². The van der Waals surface area contributed by atoms with Crippen LogP contribution in [0, 0.1) is 6.92 Å². The average molecular weight is 271 g/mol. The third kappa shape index (κ3) is 2.14. The van der Waals surface area contributed by atoms with Crippen LogP contribution in [-0.2, 0) is 0 Å². The summed E-state index contributed by atoms with van der Waals surface area (Å²) in [5.41, 5.74) is 1.20. The van der Waals surface area contributed by atoms with Crippen molar-refractivity contribution in [1.82, 2.24) is 9.78 Å². The molecule has 1 aromatic carbocycles. The second kappa shape index (κ2) is 4.39. The highest BCUT2D eigenvalue weighted by molar-refractivity contribution is 6.34. The first kappa shape index (κ1) is 12.0. The molecule has 2 rings (SSSR count). The van der Waals surface area contributed by atoms with Gasteiger partial charge in [0.1, 0.15) is 5.56 Å².